The minimum atomic E-state index is -0.0923. The number of carbonyl (C=O) groups excluding carboxylic acids is 1. The van der Waals surface area contributed by atoms with E-state index >= 15 is 0 Å². The van der Waals surface area contributed by atoms with E-state index in [0.29, 0.717) is 18.9 Å². The van der Waals surface area contributed by atoms with Crippen LogP contribution in [0.25, 0.3) is 0 Å². The summed E-state index contributed by atoms with van der Waals surface area (Å²) < 4.78 is 6.94. The summed E-state index contributed by atoms with van der Waals surface area (Å²) in [5.41, 5.74) is 3.77. The fraction of sp³-hybridized carbons (Fsp3) is 0.579. The van der Waals surface area contributed by atoms with Gasteiger partial charge in [0.25, 0.3) is 0 Å². The van der Waals surface area contributed by atoms with Crippen LogP contribution >= 0.6 is 0 Å². The first-order valence-electron chi connectivity index (χ1n) is 9.84. The predicted octanol–water partition coefficient (Wildman–Crippen LogP) is 0.204. The van der Waals surface area contributed by atoms with Crippen molar-refractivity contribution in [1.82, 2.24) is 30.4 Å². The number of fused-ring (bicyclic) bond motifs is 1. The number of anilines is 1. The number of aromatic nitrogens is 4. The van der Waals surface area contributed by atoms with Crippen LogP contribution in [0, 0.1) is 0 Å². The summed E-state index contributed by atoms with van der Waals surface area (Å²) in [6, 6.07) is 6.44. The number of hydrogen-bond donors (Lipinski definition) is 1. The Balaban J connectivity index is 1.31. The highest BCUT2D eigenvalue weighted by Crippen LogP contribution is 2.26. The summed E-state index contributed by atoms with van der Waals surface area (Å²) >= 11 is 0. The van der Waals surface area contributed by atoms with E-state index < -0.39 is 0 Å². The van der Waals surface area contributed by atoms with Crippen LogP contribution in [-0.4, -0.2) is 70.9 Å². The molecule has 2 aliphatic heterocycles. The van der Waals surface area contributed by atoms with Gasteiger partial charge in [-0.3, -0.25) is 9.69 Å². The summed E-state index contributed by atoms with van der Waals surface area (Å²) in [6.45, 7) is 5.51. The Hall–Kier alpha value is -2.52. The standard InChI is InChI=1S/C19H27N7O2/c1-24-6-2-3-16-11-15(4-5-17(16)24)12-20-19(27)14-26-18(21-22-23-26)13-25-7-9-28-10-8-25/h4-5,11H,2-3,6-10,12-14H2,1H3,(H,20,27). The molecule has 28 heavy (non-hydrogen) atoms. The second kappa shape index (κ2) is 8.66. The second-order valence-corrected chi connectivity index (χ2v) is 7.41. The maximum atomic E-state index is 12.4. The van der Waals surface area contributed by atoms with E-state index in [2.05, 4.69) is 55.9 Å². The monoisotopic (exact) mass is 385 g/mol. The summed E-state index contributed by atoms with van der Waals surface area (Å²) in [7, 11) is 2.13. The molecule has 0 aliphatic carbocycles. The lowest BCUT2D eigenvalue weighted by Crippen LogP contribution is -2.37. The molecule has 0 unspecified atom stereocenters. The van der Waals surface area contributed by atoms with Gasteiger partial charge in [0.15, 0.2) is 5.82 Å². The topological polar surface area (TPSA) is 88.4 Å². The van der Waals surface area contributed by atoms with Gasteiger partial charge in [0.2, 0.25) is 5.91 Å². The van der Waals surface area contributed by atoms with E-state index in [1.54, 1.807) is 4.68 Å². The number of tetrazole rings is 1. The highest BCUT2D eigenvalue weighted by atomic mass is 16.5. The fourth-order valence-electron chi connectivity index (χ4n) is 3.76. The van der Waals surface area contributed by atoms with Gasteiger partial charge in [-0.25, -0.2) is 4.68 Å². The molecule has 1 amide bonds. The van der Waals surface area contributed by atoms with Crippen molar-refractivity contribution in [1.29, 1.82) is 0 Å². The fourth-order valence-corrected chi connectivity index (χ4v) is 3.76. The molecule has 0 bridgehead atoms. The molecule has 3 heterocycles. The Morgan fingerprint density at radius 1 is 1.25 bits per heavy atom. The molecule has 0 saturated carbocycles. The lowest BCUT2D eigenvalue weighted by Gasteiger charge is -2.27. The predicted molar refractivity (Wildman–Crippen MR) is 104 cm³/mol. The molecular weight excluding hydrogens is 358 g/mol. The Kier molecular flexibility index (Phi) is 5.82. The van der Waals surface area contributed by atoms with Crippen molar-refractivity contribution in [2.24, 2.45) is 0 Å². The highest BCUT2D eigenvalue weighted by Gasteiger charge is 2.17. The zero-order chi connectivity index (χ0) is 19.3. The van der Waals surface area contributed by atoms with Crippen molar-refractivity contribution in [2.75, 3.05) is 44.8 Å². The number of nitrogens with zero attached hydrogens (tertiary/aromatic N) is 6. The molecule has 1 aromatic carbocycles. The van der Waals surface area contributed by atoms with Gasteiger partial charge in [-0.05, 0) is 40.5 Å². The van der Waals surface area contributed by atoms with E-state index in [0.717, 1.165) is 44.8 Å². The normalized spacial score (nSPS) is 17.4. The number of benzene rings is 1. The van der Waals surface area contributed by atoms with Gasteiger partial charge in [0, 0.05) is 38.9 Å². The highest BCUT2D eigenvalue weighted by molar-refractivity contribution is 5.75. The molecule has 1 aromatic heterocycles. The van der Waals surface area contributed by atoms with Crippen LogP contribution in [0.1, 0.15) is 23.4 Å². The van der Waals surface area contributed by atoms with E-state index in [1.165, 1.54) is 17.7 Å². The zero-order valence-electron chi connectivity index (χ0n) is 16.3. The van der Waals surface area contributed by atoms with Crippen LogP contribution < -0.4 is 10.2 Å². The Labute approximate surface area is 164 Å². The summed E-state index contributed by atoms with van der Waals surface area (Å²) in [5.74, 6) is 0.610. The summed E-state index contributed by atoms with van der Waals surface area (Å²) in [4.78, 5) is 16.9. The van der Waals surface area contributed by atoms with Crippen molar-refractivity contribution < 1.29 is 9.53 Å². The van der Waals surface area contributed by atoms with Crippen LogP contribution in [0.4, 0.5) is 5.69 Å². The zero-order valence-corrected chi connectivity index (χ0v) is 16.3. The minimum Gasteiger partial charge on any atom is -0.379 e. The van der Waals surface area contributed by atoms with Crippen molar-refractivity contribution in [2.45, 2.75) is 32.5 Å². The molecule has 1 N–H and O–H groups in total. The molecule has 1 fully saturated rings. The molecule has 9 heteroatoms. The quantitative estimate of drug-likeness (QED) is 0.760. The first kappa shape index (κ1) is 18.8. The van der Waals surface area contributed by atoms with Crippen LogP contribution in [-0.2, 0) is 35.6 Å². The second-order valence-electron chi connectivity index (χ2n) is 7.41. The van der Waals surface area contributed by atoms with Gasteiger partial charge in [-0.2, -0.15) is 0 Å². The minimum absolute atomic E-state index is 0.0923. The third-order valence-electron chi connectivity index (χ3n) is 5.35. The Morgan fingerprint density at radius 3 is 2.96 bits per heavy atom. The van der Waals surface area contributed by atoms with Gasteiger partial charge >= 0.3 is 0 Å². The third-order valence-corrected chi connectivity index (χ3v) is 5.35. The lowest BCUT2D eigenvalue weighted by molar-refractivity contribution is -0.122. The van der Waals surface area contributed by atoms with Gasteiger partial charge in [0.05, 0.1) is 19.8 Å². The molecule has 2 aliphatic rings. The van der Waals surface area contributed by atoms with Crippen LogP contribution in [0.3, 0.4) is 0 Å². The maximum Gasteiger partial charge on any atom is 0.242 e. The molecule has 1 saturated heterocycles. The number of hydrogen-bond acceptors (Lipinski definition) is 7. The number of morpholine rings is 1. The number of ether oxygens (including phenoxy) is 1. The molecular formula is C19H27N7O2. The number of carbonyl (C=O) groups is 1. The van der Waals surface area contributed by atoms with E-state index in [4.69, 9.17) is 4.74 Å². The first-order valence-corrected chi connectivity index (χ1v) is 9.84. The first-order chi connectivity index (χ1) is 13.7. The van der Waals surface area contributed by atoms with Crippen LogP contribution in [0.2, 0.25) is 0 Å². The Bertz CT molecular complexity index is 816. The SMILES string of the molecule is CN1CCCc2cc(CNC(=O)Cn3nnnc3CN3CCOCC3)ccc21. The van der Waals surface area contributed by atoms with Gasteiger partial charge in [0.1, 0.15) is 6.54 Å². The molecule has 0 spiro atoms. The van der Waals surface area contributed by atoms with E-state index in [9.17, 15) is 4.79 Å². The average Bonchev–Trinajstić information content (AvgIpc) is 3.14. The van der Waals surface area contributed by atoms with Crippen molar-refractivity contribution in [3.8, 4) is 0 Å². The molecule has 0 radical (unpaired) electrons. The smallest absolute Gasteiger partial charge is 0.242 e. The van der Waals surface area contributed by atoms with E-state index in [-0.39, 0.29) is 12.5 Å². The summed E-state index contributed by atoms with van der Waals surface area (Å²) in [5, 5.41) is 14.8. The van der Waals surface area contributed by atoms with Crippen molar-refractivity contribution >= 4 is 11.6 Å². The van der Waals surface area contributed by atoms with Gasteiger partial charge in [-0.15, -0.1) is 5.10 Å². The summed E-state index contributed by atoms with van der Waals surface area (Å²) in [6.07, 6.45) is 2.27. The molecule has 4 rings (SSSR count). The number of amides is 1. The molecule has 9 nitrogen and oxygen atoms in total. The van der Waals surface area contributed by atoms with Crippen LogP contribution in [0.5, 0.6) is 0 Å². The van der Waals surface area contributed by atoms with Crippen LogP contribution in [0.15, 0.2) is 18.2 Å². The van der Waals surface area contributed by atoms with E-state index in [1.807, 2.05) is 0 Å². The molecule has 0 atom stereocenters. The number of nitrogens with one attached hydrogen (secondary N) is 1. The number of aryl methyl sites for hydroxylation is 1. The average molecular weight is 385 g/mol. The molecule has 150 valence electrons. The molecule has 2 aromatic rings. The maximum absolute atomic E-state index is 12.4. The van der Waals surface area contributed by atoms with Gasteiger partial charge < -0.3 is 15.0 Å². The number of rotatable bonds is 6. The Morgan fingerprint density at radius 2 is 2.11 bits per heavy atom. The van der Waals surface area contributed by atoms with Gasteiger partial charge in [-0.1, -0.05) is 12.1 Å². The van der Waals surface area contributed by atoms with Crippen molar-refractivity contribution in [3.05, 3.63) is 35.2 Å². The largest absolute Gasteiger partial charge is 0.379 e. The third kappa shape index (κ3) is 4.48. The lowest BCUT2D eigenvalue weighted by atomic mass is 9.99. The van der Waals surface area contributed by atoms with Crippen molar-refractivity contribution in [3.63, 3.8) is 0 Å².